The van der Waals surface area contributed by atoms with Crippen molar-refractivity contribution in [1.82, 2.24) is 0 Å². The van der Waals surface area contributed by atoms with Crippen LogP contribution in [0.4, 0.5) is 8.78 Å². The number of aliphatic hydroxyl groups is 1. The van der Waals surface area contributed by atoms with Gasteiger partial charge in [0.05, 0.1) is 6.61 Å². The van der Waals surface area contributed by atoms with Gasteiger partial charge in [0.1, 0.15) is 11.2 Å². The molecule has 8 nitrogen and oxygen atoms in total. The molecule has 0 aliphatic carbocycles. The van der Waals surface area contributed by atoms with Gasteiger partial charge in [-0.1, -0.05) is 19.4 Å². The first-order valence-electron chi connectivity index (χ1n) is 9.13. The van der Waals surface area contributed by atoms with Gasteiger partial charge in [0.15, 0.2) is 0 Å². The number of carbonyl (C=O) groups is 2. The van der Waals surface area contributed by atoms with Crippen molar-refractivity contribution in [3.8, 4) is 0 Å². The van der Waals surface area contributed by atoms with Gasteiger partial charge < -0.3 is 40.3 Å². The minimum absolute atomic E-state index is 0. The van der Waals surface area contributed by atoms with Gasteiger partial charge >= 0.3 is 0 Å². The summed E-state index contributed by atoms with van der Waals surface area (Å²) >= 11 is 0. The number of esters is 2. The summed E-state index contributed by atoms with van der Waals surface area (Å²) in [5, 5.41) is 8.33. The molecule has 192 valence electrons. The summed E-state index contributed by atoms with van der Waals surface area (Å²) in [5.41, 5.74) is 13.6. The Morgan fingerprint density at radius 2 is 1.26 bits per heavy atom. The zero-order valence-electron chi connectivity index (χ0n) is 19.8. The van der Waals surface area contributed by atoms with Gasteiger partial charge in [-0.3, -0.25) is 9.59 Å². The second-order valence-electron chi connectivity index (χ2n) is 8.26. The number of ether oxygens (including phenoxy) is 2. The van der Waals surface area contributed by atoms with Crippen LogP contribution in [0.15, 0.2) is 11.6 Å². The van der Waals surface area contributed by atoms with Crippen molar-refractivity contribution in [3.05, 3.63) is 29.5 Å². The summed E-state index contributed by atoms with van der Waals surface area (Å²) in [6.07, 6.45) is -0.662. The van der Waals surface area contributed by atoms with Crippen LogP contribution >= 0.6 is 0 Å². The number of aliphatic hydroxyl groups excluding tert-OH is 1. The molecule has 2 atom stereocenters. The number of hydrogen-bond donors (Lipinski definition) is 1. The zero-order valence-corrected chi connectivity index (χ0v) is 22.1. The Bertz CT molecular complexity index is 471. The van der Waals surface area contributed by atoms with Gasteiger partial charge in [-0.2, -0.15) is 0 Å². The Morgan fingerprint density at radius 3 is 1.39 bits per heavy atom. The molecular formula is C20H39F2N2O6Pt-3. The molecule has 5 N–H and O–H groups in total. The van der Waals surface area contributed by atoms with E-state index < -0.39 is 41.6 Å². The van der Waals surface area contributed by atoms with Crippen molar-refractivity contribution in [3.63, 3.8) is 0 Å². The van der Waals surface area contributed by atoms with Gasteiger partial charge in [0, 0.05) is 27.5 Å². The minimum atomic E-state index is -1.62. The van der Waals surface area contributed by atoms with Crippen LogP contribution in [0.2, 0.25) is 0 Å². The predicted octanol–water partition coefficient (Wildman–Crippen LogP) is 4.45. The van der Waals surface area contributed by atoms with Crippen LogP contribution in [-0.4, -0.2) is 52.4 Å². The van der Waals surface area contributed by atoms with Gasteiger partial charge in [0.25, 0.3) is 11.9 Å². The first kappa shape index (κ1) is 40.4. The molecule has 0 aromatic rings. The van der Waals surface area contributed by atoms with E-state index >= 15 is 0 Å². The van der Waals surface area contributed by atoms with Crippen LogP contribution in [0.25, 0.3) is 11.5 Å². The van der Waals surface area contributed by atoms with Gasteiger partial charge in [-0.15, -0.1) is 12.5 Å². The monoisotopic (exact) mass is 636 g/mol. The molecule has 0 spiro atoms. The molecule has 0 rings (SSSR count). The van der Waals surface area contributed by atoms with E-state index in [1.165, 1.54) is 19.9 Å². The van der Waals surface area contributed by atoms with Crippen molar-refractivity contribution in [2.45, 2.75) is 92.0 Å². The van der Waals surface area contributed by atoms with Gasteiger partial charge in [-0.05, 0) is 60.5 Å². The third kappa shape index (κ3) is 36.8. The van der Waals surface area contributed by atoms with Crippen molar-refractivity contribution in [2.24, 2.45) is 0 Å². The van der Waals surface area contributed by atoms with Crippen LogP contribution in [0.3, 0.4) is 0 Å². The molecule has 0 saturated heterocycles. The summed E-state index contributed by atoms with van der Waals surface area (Å²) in [6, 6.07) is -1.56. The van der Waals surface area contributed by atoms with E-state index in [-0.39, 0.29) is 39.6 Å². The van der Waals surface area contributed by atoms with Crippen molar-refractivity contribution >= 4 is 11.9 Å². The molecule has 0 aliphatic rings. The number of halogens is 2. The molecule has 0 aromatic carbocycles. The third-order valence-corrected chi connectivity index (χ3v) is 2.37. The Kier molecular flexibility index (Phi) is 25.7. The van der Waals surface area contributed by atoms with Crippen LogP contribution in [0.1, 0.15) is 68.7 Å². The van der Waals surface area contributed by atoms with Crippen LogP contribution in [0, 0.1) is 6.43 Å². The van der Waals surface area contributed by atoms with Crippen LogP contribution in [-0.2, 0) is 40.1 Å². The quantitative estimate of drug-likeness (QED) is 0.269. The molecule has 31 heavy (non-hydrogen) atoms. The number of nitrogens with one attached hydrogen (secondary N) is 2. The predicted molar refractivity (Wildman–Crippen MR) is 114 cm³/mol. The summed E-state index contributed by atoms with van der Waals surface area (Å²) in [5.74, 6) is -0.931. The van der Waals surface area contributed by atoms with Crippen molar-refractivity contribution in [2.75, 3.05) is 6.61 Å². The second kappa shape index (κ2) is 19.7. The zero-order chi connectivity index (χ0) is 24.0. The molecule has 0 unspecified atom stereocenters. The molecule has 11 heteroatoms. The maximum absolute atomic E-state index is 11.3. The van der Waals surface area contributed by atoms with E-state index in [4.69, 9.17) is 26.0 Å². The summed E-state index contributed by atoms with van der Waals surface area (Å²) in [6.45, 7) is 15.2. The molecule has 0 aliphatic heterocycles. The Morgan fingerprint density at radius 1 is 0.968 bits per heavy atom. The SMILES string of the molecule is C/C(=C\C[C-](F)F)CO.C[C@H]([NH-])C(=O)OC(C)(C)C.C[C@H]([NH-])C(=O)OC(C)(C)C.O.[Pt]. The normalized spacial score (nSPS) is 13.1. The maximum Gasteiger partial charge on any atom is 0.288 e. The molecule has 0 aromatic heterocycles. The Balaban J connectivity index is -0.000000106. The number of allylic oxidation sites excluding steroid dienone is 1. The fraction of sp³-hybridized carbons (Fsp3) is 0.750. The third-order valence-electron chi connectivity index (χ3n) is 2.37. The summed E-state index contributed by atoms with van der Waals surface area (Å²) in [7, 11) is 0. The molecule has 0 radical (unpaired) electrons. The fourth-order valence-electron chi connectivity index (χ4n) is 1.10. The van der Waals surface area contributed by atoms with Crippen molar-refractivity contribution < 1.29 is 59.5 Å². The molecule has 0 amide bonds. The Labute approximate surface area is 199 Å². The first-order valence-corrected chi connectivity index (χ1v) is 9.13. The van der Waals surface area contributed by atoms with E-state index in [0.717, 1.165) is 0 Å². The Hall–Kier alpha value is -0.932. The van der Waals surface area contributed by atoms with Gasteiger partial charge in [0.2, 0.25) is 0 Å². The summed E-state index contributed by atoms with van der Waals surface area (Å²) in [4.78, 5) is 21.5. The van der Waals surface area contributed by atoms with E-state index in [2.05, 4.69) is 0 Å². The molecule has 0 fully saturated rings. The van der Waals surface area contributed by atoms with E-state index in [0.29, 0.717) is 5.57 Å². The number of rotatable bonds is 5. The molecule has 0 heterocycles. The number of carbonyl (C=O) groups excluding carboxylic acids is 2. The van der Waals surface area contributed by atoms with Crippen LogP contribution < -0.4 is 0 Å². The minimum Gasteiger partial charge on any atom is -0.666 e. The van der Waals surface area contributed by atoms with Crippen molar-refractivity contribution in [1.29, 1.82) is 0 Å². The van der Waals surface area contributed by atoms with E-state index in [9.17, 15) is 18.4 Å². The molecule has 0 saturated carbocycles. The molecular weight excluding hydrogens is 597 g/mol. The van der Waals surface area contributed by atoms with Gasteiger partial charge in [-0.25, -0.2) is 0 Å². The van der Waals surface area contributed by atoms with E-state index in [1.807, 2.05) is 0 Å². The number of hydrogen-bond acceptors (Lipinski definition) is 5. The second-order valence-corrected chi connectivity index (χ2v) is 8.26. The van der Waals surface area contributed by atoms with E-state index in [1.54, 1.807) is 48.5 Å². The average Bonchev–Trinajstić information content (AvgIpc) is 2.50. The first-order chi connectivity index (χ1) is 12.8. The summed E-state index contributed by atoms with van der Waals surface area (Å²) < 4.78 is 32.4. The topological polar surface area (TPSA) is 152 Å². The van der Waals surface area contributed by atoms with Crippen LogP contribution in [0.5, 0.6) is 0 Å². The largest absolute Gasteiger partial charge is 0.666 e. The fourth-order valence-corrected chi connectivity index (χ4v) is 1.10. The molecule has 0 bridgehead atoms. The smallest absolute Gasteiger partial charge is 0.288 e. The maximum atomic E-state index is 11.3. The standard InChI is InChI=1S/2C7H14NO2.C6H9F2O.H2O.Pt/c2*1-5(8)6(9)10-7(2,3)4;1-5(4-9)2-3-6(7)8;;/h2*5,8H,1-4H3;2,9H,3-4H2,1H3;1H2;/q3*-1;;/b;;5-2+;;/t2*5-;;;/m00.../s1. The average molecular weight is 637 g/mol.